The van der Waals surface area contributed by atoms with E-state index in [1.807, 2.05) is 0 Å². The third kappa shape index (κ3) is 4.15. The molecule has 0 radical (unpaired) electrons. The van der Waals surface area contributed by atoms with Gasteiger partial charge in [-0.15, -0.1) is 0 Å². The lowest BCUT2D eigenvalue weighted by molar-refractivity contribution is 0.211. The molecule has 4 nitrogen and oxygen atoms in total. The van der Waals surface area contributed by atoms with Gasteiger partial charge in [-0.3, -0.25) is 4.90 Å². The molecule has 3 N–H and O–H groups in total. The van der Waals surface area contributed by atoms with Gasteiger partial charge in [0, 0.05) is 37.8 Å². The van der Waals surface area contributed by atoms with Crippen molar-refractivity contribution in [2.45, 2.75) is 56.7 Å². The highest BCUT2D eigenvalue weighted by Gasteiger charge is 2.25. The first-order valence-electron chi connectivity index (χ1n) is 8.32. The zero-order valence-electron chi connectivity index (χ0n) is 12.2. The Kier molecular flexibility index (Phi) is 5.10. The maximum atomic E-state index is 3.65. The molecular weight excluding hydrogens is 236 g/mol. The van der Waals surface area contributed by atoms with Gasteiger partial charge in [0.15, 0.2) is 0 Å². The molecule has 3 rings (SSSR count). The molecule has 0 unspecified atom stereocenters. The highest BCUT2D eigenvalue weighted by molar-refractivity contribution is 4.86. The van der Waals surface area contributed by atoms with Crippen LogP contribution in [-0.2, 0) is 0 Å². The van der Waals surface area contributed by atoms with Crippen molar-refractivity contribution in [3.05, 3.63) is 0 Å². The molecule has 0 saturated carbocycles. The van der Waals surface area contributed by atoms with Crippen LogP contribution in [0.4, 0.5) is 0 Å². The molecule has 3 saturated heterocycles. The Bertz CT molecular complexity index is 210. The molecule has 0 bridgehead atoms. The largest absolute Gasteiger partial charge is 0.313 e. The van der Waals surface area contributed by atoms with E-state index in [2.05, 4.69) is 20.9 Å². The third-order valence-electron chi connectivity index (χ3n) is 4.92. The molecule has 0 aliphatic carbocycles. The van der Waals surface area contributed by atoms with E-state index in [0.29, 0.717) is 0 Å². The Morgan fingerprint density at radius 1 is 0.632 bits per heavy atom. The van der Waals surface area contributed by atoms with Gasteiger partial charge in [-0.1, -0.05) is 0 Å². The van der Waals surface area contributed by atoms with Crippen LogP contribution in [0.5, 0.6) is 0 Å². The van der Waals surface area contributed by atoms with Crippen molar-refractivity contribution in [2.24, 2.45) is 0 Å². The quantitative estimate of drug-likeness (QED) is 0.656. The minimum atomic E-state index is 0.739. The van der Waals surface area contributed by atoms with Crippen molar-refractivity contribution in [3.63, 3.8) is 0 Å². The Balaban J connectivity index is 1.49. The molecule has 3 fully saturated rings. The lowest BCUT2D eigenvalue weighted by atomic mass is 10.1. The molecule has 0 aromatic carbocycles. The number of hydrogen-bond acceptors (Lipinski definition) is 4. The van der Waals surface area contributed by atoms with Crippen LogP contribution in [0.15, 0.2) is 0 Å². The van der Waals surface area contributed by atoms with Crippen LogP contribution >= 0.6 is 0 Å². The van der Waals surface area contributed by atoms with Gasteiger partial charge in [0.1, 0.15) is 0 Å². The fourth-order valence-corrected chi connectivity index (χ4v) is 3.90. The highest BCUT2D eigenvalue weighted by atomic mass is 15.2. The van der Waals surface area contributed by atoms with Gasteiger partial charge >= 0.3 is 0 Å². The standard InChI is InChI=1S/C15H30N4/c1-4-13(16-7-1)10-19(11-14-5-2-8-17-14)12-15-6-3-9-18-15/h13-18H,1-12H2/t13-,14-,15-/m0/s1. The molecule has 0 amide bonds. The maximum absolute atomic E-state index is 3.65. The van der Waals surface area contributed by atoms with Gasteiger partial charge in [0.25, 0.3) is 0 Å². The molecule has 3 aliphatic heterocycles. The predicted molar refractivity (Wildman–Crippen MR) is 79.5 cm³/mol. The fraction of sp³-hybridized carbons (Fsp3) is 1.00. The summed E-state index contributed by atoms with van der Waals surface area (Å²) < 4.78 is 0. The molecule has 110 valence electrons. The van der Waals surface area contributed by atoms with E-state index in [1.54, 1.807) is 0 Å². The normalized spacial score (nSPS) is 35.5. The van der Waals surface area contributed by atoms with Crippen molar-refractivity contribution >= 4 is 0 Å². The summed E-state index contributed by atoms with van der Waals surface area (Å²) in [6.45, 7) is 7.41. The summed E-state index contributed by atoms with van der Waals surface area (Å²) in [5, 5.41) is 11.0. The molecule has 4 heteroatoms. The van der Waals surface area contributed by atoms with Crippen molar-refractivity contribution in [1.82, 2.24) is 20.9 Å². The molecule has 19 heavy (non-hydrogen) atoms. The molecule has 3 aliphatic rings. The number of nitrogens with one attached hydrogen (secondary N) is 3. The van der Waals surface area contributed by atoms with Crippen LogP contribution in [0.3, 0.4) is 0 Å². The van der Waals surface area contributed by atoms with Gasteiger partial charge in [0.05, 0.1) is 0 Å². The van der Waals surface area contributed by atoms with Crippen LogP contribution in [0, 0.1) is 0 Å². The van der Waals surface area contributed by atoms with Crippen molar-refractivity contribution < 1.29 is 0 Å². The van der Waals surface area contributed by atoms with Crippen LogP contribution < -0.4 is 16.0 Å². The summed E-state index contributed by atoms with van der Waals surface area (Å²) in [6.07, 6.45) is 8.19. The summed E-state index contributed by atoms with van der Waals surface area (Å²) in [6, 6.07) is 2.22. The molecule has 3 atom stereocenters. The van der Waals surface area contributed by atoms with Crippen LogP contribution in [0.25, 0.3) is 0 Å². The van der Waals surface area contributed by atoms with E-state index < -0.39 is 0 Å². The number of hydrogen-bond donors (Lipinski definition) is 3. The third-order valence-corrected chi connectivity index (χ3v) is 4.92. The maximum Gasteiger partial charge on any atom is 0.0195 e. The average molecular weight is 266 g/mol. The first-order chi connectivity index (χ1) is 9.40. The second kappa shape index (κ2) is 7.02. The van der Waals surface area contributed by atoms with Crippen molar-refractivity contribution in [3.8, 4) is 0 Å². The van der Waals surface area contributed by atoms with E-state index >= 15 is 0 Å². The number of nitrogens with zero attached hydrogens (tertiary/aromatic N) is 1. The van der Waals surface area contributed by atoms with E-state index in [0.717, 1.165) is 18.1 Å². The summed E-state index contributed by atoms with van der Waals surface area (Å²) in [5.74, 6) is 0. The smallest absolute Gasteiger partial charge is 0.0195 e. The van der Waals surface area contributed by atoms with E-state index in [4.69, 9.17) is 0 Å². The van der Waals surface area contributed by atoms with E-state index in [-0.39, 0.29) is 0 Å². The molecular formula is C15H30N4. The molecule has 0 aromatic heterocycles. The Hall–Kier alpha value is -0.160. The van der Waals surface area contributed by atoms with Crippen LogP contribution in [0.2, 0.25) is 0 Å². The van der Waals surface area contributed by atoms with E-state index in [1.165, 1.54) is 77.8 Å². The predicted octanol–water partition coefficient (Wildman–Crippen LogP) is 0.544. The zero-order valence-corrected chi connectivity index (χ0v) is 12.2. The SMILES string of the molecule is C1CN[C@H](CN(C[C@@H]2CCCN2)C[C@@H]2CCCN2)C1. The molecule has 0 spiro atoms. The Morgan fingerprint density at radius 3 is 1.26 bits per heavy atom. The lowest BCUT2D eigenvalue weighted by Crippen LogP contribution is -2.47. The van der Waals surface area contributed by atoms with E-state index in [9.17, 15) is 0 Å². The van der Waals surface area contributed by atoms with Gasteiger partial charge in [-0.2, -0.15) is 0 Å². The zero-order chi connectivity index (χ0) is 12.9. The Labute approximate surface area is 117 Å². The second-order valence-corrected chi connectivity index (χ2v) is 6.60. The van der Waals surface area contributed by atoms with Gasteiger partial charge in [-0.25, -0.2) is 0 Å². The second-order valence-electron chi connectivity index (χ2n) is 6.60. The summed E-state index contributed by atoms with van der Waals surface area (Å²) >= 11 is 0. The van der Waals surface area contributed by atoms with Crippen LogP contribution in [-0.4, -0.2) is 62.3 Å². The topological polar surface area (TPSA) is 39.3 Å². The Morgan fingerprint density at radius 2 is 1.00 bits per heavy atom. The minimum Gasteiger partial charge on any atom is -0.313 e. The van der Waals surface area contributed by atoms with Gasteiger partial charge in [0.2, 0.25) is 0 Å². The highest BCUT2D eigenvalue weighted by Crippen LogP contribution is 2.13. The average Bonchev–Trinajstić information content (AvgIpc) is 3.10. The van der Waals surface area contributed by atoms with Crippen molar-refractivity contribution in [2.75, 3.05) is 39.3 Å². The first kappa shape index (κ1) is 13.8. The summed E-state index contributed by atoms with van der Waals surface area (Å²) in [5.41, 5.74) is 0. The van der Waals surface area contributed by atoms with Crippen molar-refractivity contribution in [1.29, 1.82) is 0 Å². The minimum absolute atomic E-state index is 0.739. The van der Waals surface area contributed by atoms with Gasteiger partial charge in [-0.05, 0) is 58.2 Å². The van der Waals surface area contributed by atoms with Crippen LogP contribution in [0.1, 0.15) is 38.5 Å². The molecule has 3 heterocycles. The number of rotatable bonds is 6. The first-order valence-corrected chi connectivity index (χ1v) is 8.32. The van der Waals surface area contributed by atoms with Gasteiger partial charge < -0.3 is 16.0 Å². The lowest BCUT2D eigenvalue weighted by Gasteiger charge is -2.30. The fourth-order valence-electron chi connectivity index (χ4n) is 3.90. The summed E-state index contributed by atoms with van der Waals surface area (Å²) in [4.78, 5) is 2.72. The monoisotopic (exact) mass is 266 g/mol. The summed E-state index contributed by atoms with van der Waals surface area (Å²) in [7, 11) is 0. The molecule has 0 aromatic rings.